The van der Waals surface area contributed by atoms with Gasteiger partial charge in [-0.25, -0.2) is 0 Å². The van der Waals surface area contributed by atoms with Crippen LogP contribution >= 0.6 is 0 Å². The fraction of sp³-hybridized carbons (Fsp3) is 0.917. The molecule has 1 amide bonds. The lowest BCUT2D eigenvalue weighted by molar-refractivity contribution is -0.155. The Hall–Kier alpha value is -0.610. The molecule has 0 heterocycles. The van der Waals surface area contributed by atoms with E-state index in [0.29, 0.717) is 19.4 Å². The number of rotatable bonds is 7. The van der Waals surface area contributed by atoms with Crippen LogP contribution in [0.25, 0.3) is 0 Å². The van der Waals surface area contributed by atoms with Crippen molar-refractivity contribution in [2.75, 3.05) is 20.3 Å². The minimum absolute atomic E-state index is 0.000880. The van der Waals surface area contributed by atoms with Gasteiger partial charge >= 0.3 is 0 Å². The number of amides is 1. The summed E-state index contributed by atoms with van der Waals surface area (Å²) in [5.41, 5.74) is -0.750. The zero-order valence-corrected chi connectivity index (χ0v) is 11.1. The number of carbonyl (C=O) groups is 1. The molecular formula is C12H25NO3. The first-order valence-corrected chi connectivity index (χ1v) is 5.90. The van der Waals surface area contributed by atoms with Gasteiger partial charge in [0.2, 0.25) is 0 Å². The van der Waals surface area contributed by atoms with E-state index in [1.807, 2.05) is 27.7 Å². The molecule has 0 fully saturated rings. The van der Waals surface area contributed by atoms with Crippen LogP contribution in [-0.4, -0.2) is 47.8 Å². The Morgan fingerprint density at radius 2 is 2.06 bits per heavy atom. The standard InChI is InChI=1S/C12H25NO3/c1-6-12(4,16-5)11(15)13(10(2)3)8-7-9-14/h10,14H,6-9H2,1-5H3. The summed E-state index contributed by atoms with van der Waals surface area (Å²) in [7, 11) is 1.56. The molecule has 1 N–H and O–H groups in total. The summed E-state index contributed by atoms with van der Waals surface area (Å²) in [5.74, 6) is 0.000880. The van der Waals surface area contributed by atoms with Crippen LogP contribution in [-0.2, 0) is 9.53 Å². The van der Waals surface area contributed by atoms with Gasteiger partial charge < -0.3 is 14.7 Å². The summed E-state index contributed by atoms with van der Waals surface area (Å²) in [6.07, 6.45) is 1.25. The van der Waals surface area contributed by atoms with Crippen molar-refractivity contribution >= 4 is 5.91 Å². The van der Waals surface area contributed by atoms with Gasteiger partial charge in [0.05, 0.1) is 0 Å². The predicted octanol–water partition coefficient (Wildman–Crippen LogP) is 1.42. The van der Waals surface area contributed by atoms with Crippen molar-refractivity contribution in [3.63, 3.8) is 0 Å². The maximum Gasteiger partial charge on any atom is 0.254 e. The first kappa shape index (κ1) is 15.4. The second-order valence-electron chi connectivity index (χ2n) is 4.46. The van der Waals surface area contributed by atoms with Gasteiger partial charge in [-0.3, -0.25) is 4.79 Å². The first-order valence-electron chi connectivity index (χ1n) is 5.90. The summed E-state index contributed by atoms with van der Waals surface area (Å²) in [6.45, 7) is 8.37. The minimum Gasteiger partial charge on any atom is -0.396 e. The zero-order valence-electron chi connectivity index (χ0n) is 11.1. The molecule has 0 aliphatic carbocycles. The summed E-state index contributed by atoms with van der Waals surface area (Å²) in [6, 6.07) is 0.125. The molecule has 0 aromatic heterocycles. The Bertz CT molecular complexity index is 212. The van der Waals surface area contributed by atoms with E-state index in [4.69, 9.17) is 9.84 Å². The molecular weight excluding hydrogens is 206 g/mol. The minimum atomic E-state index is -0.750. The van der Waals surface area contributed by atoms with Gasteiger partial charge in [-0.15, -0.1) is 0 Å². The lowest BCUT2D eigenvalue weighted by Gasteiger charge is -2.35. The third kappa shape index (κ3) is 3.76. The van der Waals surface area contributed by atoms with Crippen LogP contribution < -0.4 is 0 Å². The third-order valence-electron chi connectivity index (χ3n) is 3.02. The molecule has 0 aromatic rings. The fourth-order valence-electron chi connectivity index (χ4n) is 1.52. The molecule has 16 heavy (non-hydrogen) atoms. The molecule has 0 spiro atoms. The second kappa shape index (κ2) is 6.86. The van der Waals surface area contributed by atoms with Gasteiger partial charge in [0.25, 0.3) is 5.91 Å². The van der Waals surface area contributed by atoms with Crippen molar-refractivity contribution in [3.8, 4) is 0 Å². The van der Waals surface area contributed by atoms with E-state index in [0.717, 1.165) is 0 Å². The van der Waals surface area contributed by atoms with Crippen molar-refractivity contribution in [3.05, 3.63) is 0 Å². The summed E-state index contributed by atoms with van der Waals surface area (Å²) in [5, 5.41) is 8.83. The average molecular weight is 231 g/mol. The fourth-order valence-corrected chi connectivity index (χ4v) is 1.52. The molecule has 0 bridgehead atoms. The van der Waals surface area contributed by atoms with E-state index in [-0.39, 0.29) is 18.6 Å². The molecule has 1 unspecified atom stereocenters. The van der Waals surface area contributed by atoms with Gasteiger partial charge in [-0.2, -0.15) is 0 Å². The SMILES string of the molecule is CCC(C)(OC)C(=O)N(CCCO)C(C)C. The van der Waals surface area contributed by atoms with Crippen LogP contribution in [0.15, 0.2) is 0 Å². The number of hydrogen-bond donors (Lipinski definition) is 1. The Labute approximate surface area is 98.6 Å². The molecule has 4 nitrogen and oxygen atoms in total. The Kier molecular flexibility index (Phi) is 6.60. The number of ether oxygens (including phenoxy) is 1. The van der Waals surface area contributed by atoms with E-state index in [1.165, 1.54) is 0 Å². The number of methoxy groups -OCH3 is 1. The molecule has 0 rings (SSSR count). The lowest BCUT2D eigenvalue weighted by Crippen LogP contribution is -2.51. The van der Waals surface area contributed by atoms with Gasteiger partial charge in [-0.1, -0.05) is 6.92 Å². The molecule has 0 radical (unpaired) electrons. The molecule has 96 valence electrons. The molecule has 0 aromatic carbocycles. The number of nitrogens with zero attached hydrogens (tertiary/aromatic N) is 1. The number of aliphatic hydroxyl groups is 1. The largest absolute Gasteiger partial charge is 0.396 e. The molecule has 4 heteroatoms. The van der Waals surface area contributed by atoms with Crippen molar-refractivity contribution in [2.45, 2.75) is 52.2 Å². The highest BCUT2D eigenvalue weighted by Gasteiger charge is 2.35. The molecule has 0 saturated heterocycles. The van der Waals surface area contributed by atoms with E-state index < -0.39 is 5.60 Å². The van der Waals surface area contributed by atoms with Crippen molar-refractivity contribution in [2.24, 2.45) is 0 Å². The highest BCUT2D eigenvalue weighted by Crippen LogP contribution is 2.19. The molecule has 1 atom stereocenters. The number of aliphatic hydroxyl groups excluding tert-OH is 1. The normalized spacial score (nSPS) is 14.9. The third-order valence-corrected chi connectivity index (χ3v) is 3.02. The monoisotopic (exact) mass is 231 g/mol. The topological polar surface area (TPSA) is 49.8 Å². The molecule has 0 aliphatic rings. The van der Waals surface area contributed by atoms with E-state index in [9.17, 15) is 4.79 Å². The zero-order chi connectivity index (χ0) is 12.8. The predicted molar refractivity (Wildman–Crippen MR) is 64.3 cm³/mol. The first-order chi connectivity index (χ1) is 7.42. The maximum absolute atomic E-state index is 12.3. The van der Waals surface area contributed by atoms with Gasteiger partial charge in [-0.05, 0) is 33.6 Å². The molecule has 0 aliphatic heterocycles. The Balaban J connectivity index is 4.72. The van der Waals surface area contributed by atoms with E-state index in [2.05, 4.69) is 0 Å². The van der Waals surface area contributed by atoms with Crippen molar-refractivity contribution < 1.29 is 14.6 Å². The number of carbonyl (C=O) groups excluding carboxylic acids is 1. The van der Waals surface area contributed by atoms with Crippen LogP contribution in [0.4, 0.5) is 0 Å². The van der Waals surface area contributed by atoms with Crippen LogP contribution in [0.2, 0.25) is 0 Å². The molecule has 0 saturated carbocycles. The lowest BCUT2D eigenvalue weighted by atomic mass is 10.0. The quantitative estimate of drug-likeness (QED) is 0.721. The highest BCUT2D eigenvalue weighted by molar-refractivity contribution is 5.85. The average Bonchev–Trinajstić information content (AvgIpc) is 2.27. The summed E-state index contributed by atoms with van der Waals surface area (Å²) < 4.78 is 5.31. The Morgan fingerprint density at radius 1 is 1.50 bits per heavy atom. The number of hydrogen-bond acceptors (Lipinski definition) is 3. The van der Waals surface area contributed by atoms with Crippen molar-refractivity contribution in [1.29, 1.82) is 0 Å². The smallest absolute Gasteiger partial charge is 0.254 e. The van der Waals surface area contributed by atoms with Crippen LogP contribution in [0.3, 0.4) is 0 Å². The second-order valence-corrected chi connectivity index (χ2v) is 4.46. The van der Waals surface area contributed by atoms with Crippen molar-refractivity contribution in [1.82, 2.24) is 4.90 Å². The van der Waals surface area contributed by atoms with Gasteiger partial charge in [0, 0.05) is 26.3 Å². The van der Waals surface area contributed by atoms with Crippen LogP contribution in [0.1, 0.15) is 40.5 Å². The van der Waals surface area contributed by atoms with E-state index in [1.54, 1.807) is 12.0 Å². The van der Waals surface area contributed by atoms with Gasteiger partial charge in [0.15, 0.2) is 0 Å². The summed E-state index contributed by atoms with van der Waals surface area (Å²) in [4.78, 5) is 14.1. The van der Waals surface area contributed by atoms with E-state index >= 15 is 0 Å². The Morgan fingerprint density at radius 3 is 2.38 bits per heavy atom. The van der Waals surface area contributed by atoms with Gasteiger partial charge in [0.1, 0.15) is 5.60 Å². The highest BCUT2D eigenvalue weighted by atomic mass is 16.5. The van der Waals surface area contributed by atoms with Crippen LogP contribution in [0, 0.1) is 0 Å². The summed E-state index contributed by atoms with van der Waals surface area (Å²) >= 11 is 0. The maximum atomic E-state index is 12.3. The van der Waals surface area contributed by atoms with Crippen LogP contribution in [0.5, 0.6) is 0 Å².